The Morgan fingerprint density at radius 2 is 1.92 bits per heavy atom. The first-order valence-electron chi connectivity index (χ1n) is 9.15. The minimum Gasteiger partial charge on any atom is -0.368 e. The average molecular weight is 350 g/mol. The Bertz CT molecular complexity index is 813. The van der Waals surface area contributed by atoms with Crippen LogP contribution < -0.4 is 10.2 Å². The summed E-state index contributed by atoms with van der Waals surface area (Å²) in [5, 5.41) is 2.93. The maximum Gasteiger partial charge on any atom is 0.258 e. The fourth-order valence-corrected chi connectivity index (χ4v) is 3.61. The fourth-order valence-electron chi connectivity index (χ4n) is 3.61. The molecule has 1 atom stereocenters. The van der Waals surface area contributed by atoms with Crippen LogP contribution in [0.1, 0.15) is 35.2 Å². The molecule has 4 rings (SSSR count). The first kappa shape index (κ1) is 16.8. The van der Waals surface area contributed by atoms with Gasteiger partial charge >= 0.3 is 0 Å². The number of nitrogens with one attached hydrogen (secondary N) is 1. The van der Waals surface area contributed by atoms with Crippen LogP contribution >= 0.6 is 0 Å². The number of fused-ring (bicyclic) bond motifs is 1. The molecular weight excluding hydrogens is 328 g/mol. The minimum atomic E-state index is -0.368. The van der Waals surface area contributed by atoms with E-state index in [9.17, 15) is 9.59 Å². The molecule has 2 aliphatic heterocycles. The fraction of sp³-hybridized carbons (Fsp3) is 0.333. The molecule has 1 unspecified atom stereocenters. The third-order valence-electron chi connectivity index (χ3n) is 4.96. The zero-order chi connectivity index (χ0) is 17.9. The van der Waals surface area contributed by atoms with Gasteiger partial charge < -0.3 is 15.0 Å². The Labute approximate surface area is 153 Å². The number of hydrogen-bond donors (Lipinski definition) is 1. The highest BCUT2D eigenvalue weighted by Crippen LogP contribution is 2.31. The summed E-state index contributed by atoms with van der Waals surface area (Å²) in [6.45, 7) is 1.32. The van der Waals surface area contributed by atoms with Crippen molar-refractivity contribution in [3.8, 4) is 0 Å². The van der Waals surface area contributed by atoms with Gasteiger partial charge in [0.2, 0.25) is 0 Å². The number of anilines is 2. The van der Waals surface area contributed by atoms with Crippen LogP contribution in [0.15, 0.2) is 48.5 Å². The molecule has 5 nitrogen and oxygen atoms in total. The number of hydrogen-bond acceptors (Lipinski definition) is 3. The Morgan fingerprint density at radius 1 is 1.08 bits per heavy atom. The first-order chi connectivity index (χ1) is 12.7. The smallest absolute Gasteiger partial charge is 0.258 e. The van der Waals surface area contributed by atoms with Crippen molar-refractivity contribution in [3.05, 3.63) is 59.7 Å². The zero-order valence-corrected chi connectivity index (χ0v) is 14.6. The van der Waals surface area contributed by atoms with Gasteiger partial charge in [0.15, 0.2) is 0 Å². The molecule has 0 saturated carbocycles. The third kappa shape index (κ3) is 3.35. The van der Waals surface area contributed by atoms with Gasteiger partial charge in [-0.15, -0.1) is 0 Å². The molecule has 5 heteroatoms. The number of carbonyl (C=O) groups is 2. The van der Waals surface area contributed by atoms with Crippen molar-refractivity contribution in [2.24, 2.45) is 0 Å². The van der Waals surface area contributed by atoms with Crippen LogP contribution in [0.2, 0.25) is 0 Å². The van der Waals surface area contributed by atoms with Gasteiger partial charge in [0.25, 0.3) is 11.8 Å². The SMILES string of the molecule is O=C(Nc1ccc2c(c1)N(C(=O)c1ccccc1)CCC2)C1CCCO1. The van der Waals surface area contributed by atoms with Crippen molar-refractivity contribution >= 4 is 23.2 Å². The van der Waals surface area contributed by atoms with Crippen LogP contribution in [0.25, 0.3) is 0 Å². The second kappa shape index (κ2) is 7.30. The Hall–Kier alpha value is -2.66. The molecule has 2 heterocycles. The van der Waals surface area contributed by atoms with Crippen molar-refractivity contribution in [1.82, 2.24) is 0 Å². The molecule has 0 spiro atoms. The molecule has 2 amide bonds. The molecule has 134 valence electrons. The average Bonchev–Trinajstić information content (AvgIpc) is 3.23. The summed E-state index contributed by atoms with van der Waals surface area (Å²) in [5.74, 6) is -0.117. The van der Waals surface area contributed by atoms with Crippen LogP contribution in [0.5, 0.6) is 0 Å². The maximum atomic E-state index is 12.9. The molecule has 0 aromatic heterocycles. The van der Waals surface area contributed by atoms with Gasteiger partial charge in [-0.05, 0) is 55.5 Å². The van der Waals surface area contributed by atoms with Gasteiger partial charge in [-0.3, -0.25) is 9.59 Å². The summed E-state index contributed by atoms with van der Waals surface area (Å²) < 4.78 is 5.44. The standard InChI is InChI=1S/C21H22N2O3/c24-20(19-9-5-13-26-19)22-17-11-10-15-8-4-12-23(18(15)14-17)21(25)16-6-2-1-3-7-16/h1-3,6-7,10-11,14,19H,4-5,8-9,12-13H2,(H,22,24). The van der Waals surface area contributed by atoms with Crippen LogP contribution in [0.4, 0.5) is 11.4 Å². The number of benzene rings is 2. The van der Waals surface area contributed by atoms with E-state index in [1.54, 1.807) is 0 Å². The van der Waals surface area contributed by atoms with Gasteiger partial charge in [0.05, 0.1) is 0 Å². The molecule has 2 aromatic carbocycles. The summed E-state index contributed by atoms with van der Waals surface area (Å²) >= 11 is 0. The van der Waals surface area contributed by atoms with Gasteiger partial charge in [0, 0.05) is 30.1 Å². The van der Waals surface area contributed by atoms with Crippen LogP contribution in [-0.4, -0.2) is 31.1 Å². The van der Waals surface area contributed by atoms with Crippen LogP contribution in [-0.2, 0) is 16.0 Å². The molecule has 1 fully saturated rings. The van der Waals surface area contributed by atoms with Gasteiger partial charge in [-0.25, -0.2) is 0 Å². The van der Waals surface area contributed by atoms with E-state index in [-0.39, 0.29) is 17.9 Å². The molecule has 26 heavy (non-hydrogen) atoms. The maximum absolute atomic E-state index is 12.9. The van der Waals surface area contributed by atoms with E-state index in [0.717, 1.165) is 36.9 Å². The summed E-state index contributed by atoms with van der Waals surface area (Å²) in [6.07, 6.45) is 3.19. The molecule has 0 aliphatic carbocycles. The van der Waals surface area contributed by atoms with Crippen molar-refractivity contribution in [2.45, 2.75) is 31.8 Å². The Balaban J connectivity index is 1.58. The highest BCUT2D eigenvalue weighted by Gasteiger charge is 2.26. The summed E-state index contributed by atoms with van der Waals surface area (Å²) in [7, 11) is 0. The highest BCUT2D eigenvalue weighted by atomic mass is 16.5. The zero-order valence-electron chi connectivity index (χ0n) is 14.6. The second-order valence-corrected chi connectivity index (χ2v) is 6.76. The van der Waals surface area contributed by atoms with Gasteiger partial charge in [-0.1, -0.05) is 24.3 Å². The predicted molar refractivity (Wildman–Crippen MR) is 100 cm³/mol. The summed E-state index contributed by atoms with van der Waals surface area (Å²) in [4.78, 5) is 27.0. The van der Waals surface area contributed by atoms with E-state index in [1.165, 1.54) is 0 Å². The summed E-state index contributed by atoms with van der Waals surface area (Å²) in [5.41, 5.74) is 3.40. The van der Waals surface area contributed by atoms with Crippen LogP contribution in [0, 0.1) is 0 Å². The van der Waals surface area contributed by atoms with Gasteiger partial charge in [0.1, 0.15) is 6.10 Å². The van der Waals surface area contributed by atoms with Crippen molar-refractivity contribution < 1.29 is 14.3 Å². The first-order valence-corrected chi connectivity index (χ1v) is 9.15. The van der Waals surface area contributed by atoms with Crippen molar-refractivity contribution in [1.29, 1.82) is 0 Å². The van der Waals surface area contributed by atoms with E-state index in [0.29, 0.717) is 24.4 Å². The van der Waals surface area contributed by atoms with Crippen LogP contribution in [0.3, 0.4) is 0 Å². The molecule has 2 aromatic rings. The quantitative estimate of drug-likeness (QED) is 0.923. The van der Waals surface area contributed by atoms with Gasteiger partial charge in [-0.2, -0.15) is 0 Å². The topological polar surface area (TPSA) is 58.6 Å². The van der Waals surface area contributed by atoms with E-state index in [1.807, 2.05) is 53.4 Å². The normalized spacial score (nSPS) is 19.1. The lowest BCUT2D eigenvalue weighted by Gasteiger charge is -2.30. The molecule has 0 bridgehead atoms. The number of ether oxygens (including phenoxy) is 1. The van der Waals surface area contributed by atoms with E-state index in [2.05, 4.69) is 5.32 Å². The number of rotatable bonds is 3. The minimum absolute atomic E-state index is 0.00541. The molecule has 1 N–H and O–H groups in total. The molecule has 0 radical (unpaired) electrons. The monoisotopic (exact) mass is 350 g/mol. The number of carbonyl (C=O) groups excluding carboxylic acids is 2. The Morgan fingerprint density at radius 3 is 2.69 bits per heavy atom. The molecular formula is C21H22N2O3. The van der Waals surface area contributed by atoms with Crippen molar-refractivity contribution in [3.63, 3.8) is 0 Å². The number of aryl methyl sites for hydroxylation is 1. The lowest BCUT2D eigenvalue weighted by atomic mass is 10.00. The van der Waals surface area contributed by atoms with E-state index >= 15 is 0 Å². The van der Waals surface area contributed by atoms with E-state index < -0.39 is 0 Å². The van der Waals surface area contributed by atoms with Crippen molar-refractivity contribution in [2.75, 3.05) is 23.4 Å². The van der Waals surface area contributed by atoms with E-state index in [4.69, 9.17) is 4.74 Å². The number of nitrogens with zero attached hydrogens (tertiary/aromatic N) is 1. The molecule has 1 saturated heterocycles. The Kier molecular flexibility index (Phi) is 4.71. The predicted octanol–water partition coefficient (Wildman–Crippen LogP) is 3.40. The lowest BCUT2D eigenvalue weighted by Crippen LogP contribution is -2.35. The largest absolute Gasteiger partial charge is 0.368 e. The third-order valence-corrected chi connectivity index (χ3v) is 4.96. The number of amides is 2. The lowest BCUT2D eigenvalue weighted by molar-refractivity contribution is -0.124. The highest BCUT2D eigenvalue weighted by molar-refractivity contribution is 6.07. The summed E-state index contributed by atoms with van der Waals surface area (Å²) in [6, 6.07) is 15.1. The molecule has 2 aliphatic rings. The second-order valence-electron chi connectivity index (χ2n) is 6.76.